The van der Waals surface area contributed by atoms with Crippen molar-refractivity contribution >= 4 is 0 Å². The van der Waals surface area contributed by atoms with Crippen LogP contribution < -0.4 is 5.32 Å². The van der Waals surface area contributed by atoms with Crippen molar-refractivity contribution in [3.8, 4) is 0 Å². The second kappa shape index (κ2) is 9.94. The molecule has 0 aromatic rings. The Morgan fingerprint density at radius 2 is 1.47 bits per heavy atom. The Bertz CT molecular complexity index is 157. The van der Waals surface area contributed by atoms with Gasteiger partial charge >= 0.3 is 0 Å². The topological polar surface area (TPSA) is 12.0 Å². The van der Waals surface area contributed by atoms with Gasteiger partial charge in [0, 0.05) is 5.54 Å². The number of hydrogen-bond donors (Lipinski definition) is 1. The normalized spacial score (nSPS) is 13.9. The van der Waals surface area contributed by atoms with E-state index in [2.05, 4.69) is 39.9 Å². The fourth-order valence-corrected chi connectivity index (χ4v) is 2.11. The van der Waals surface area contributed by atoms with Gasteiger partial charge in [-0.3, -0.25) is 0 Å². The Kier molecular flexibility index (Phi) is 9.91. The SMILES string of the molecule is CCCCCCCCC(C)CCNC(C)(C)C. The average molecular weight is 241 g/mol. The molecule has 1 heteroatoms. The van der Waals surface area contributed by atoms with Crippen LogP contribution in [0.25, 0.3) is 0 Å². The van der Waals surface area contributed by atoms with Gasteiger partial charge in [0.25, 0.3) is 0 Å². The third-order valence-corrected chi connectivity index (χ3v) is 3.34. The summed E-state index contributed by atoms with van der Waals surface area (Å²) in [7, 11) is 0. The summed E-state index contributed by atoms with van der Waals surface area (Å²) in [4.78, 5) is 0. The van der Waals surface area contributed by atoms with Gasteiger partial charge in [-0.1, -0.05) is 58.8 Å². The van der Waals surface area contributed by atoms with Crippen LogP contribution in [-0.2, 0) is 0 Å². The first kappa shape index (κ1) is 17.0. The van der Waals surface area contributed by atoms with Crippen LogP contribution in [0.2, 0.25) is 0 Å². The molecular formula is C16H35N. The first-order valence-electron chi connectivity index (χ1n) is 7.70. The third-order valence-electron chi connectivity index (χ3n) is 3.34. The van der Waals surface area contributed by atoms with Gasteiger partial charge in [-0.15, -0.1) is 0 Å². The molecule has 0 saturated carbocycles. The van der Waals surface area contributed by atoms with Crippen molar-refractivity contribution in [3.05, 3.63) is 0 Å². The predicted molar refractivity (Wildman–Crippen MR) is 79.5 cm³/mol. The molecule has 0 saturated heterocycles. The summed E-state index contributed by atoms with van der Waals surface area (Å²) in [6.07, 6.45) is 11.3. The molecule has 0 radical (unpaired) electrons. The monoisotopic (exact) mass is 241 g/mol. The van der Waals surface area contributed by atoms with E-state index in [9.17, 15) is 0 Å². The second-order valence-corrected chi connectivity index (χ2v) is 6.63. The first-order chi connectivity index (χ1) is 7.95. The van der Waals surface area contributed by atoms with Crippen LogP contribution in [0.5, 0.6) is 0 Å². The maximum Gasteiger partial charge on any atom is 0.00965 e. The Labute approximate surface area is 110 Å². The minimum absolute atomic E-state index is 0.278. The highest BCUT2D eigenvalue weighted by Crippen LogP contribution is 2.14. The van der Waals surface area contributed by atoms with Gasteiger partial charge in [0.15, 0.2) is 0 Å². The molecule has 0 amide bonds. The predicted octanol–water partition coefficient (Wildman–Crippen LogP) is 5.15. The van der Waals surface area contributed by atoms with Gasteiger partial charge in [0.05, 0.1) is 0 Å². The van der Waals surface area contributed by atoms with Crippen molar-refractivity contribution < 1.29 is 0 Å². The van der Waals surface area contributed by atoms with Gasteiger partial charge < -0.3 is 5.32 Å². The van der Waals surface area contributed by atoms with Crippen LogP contribution >= 0.6 is 0 Å². The molecule has 0 fully saturated rings. The molecule has 0 aliphatic carbocycles. The first-order valence-corrected chi connectivity index (χ1v) is 7.70. The smallest absolute Gasteiger partial charge is 0.00965 e. The van der Waals surface area contributed by atoms with E-state index >= 15 is 0 Å². The molecule has 1 atom stereocenters. The summed E-state index contributed by atoms with van der Waals surface area (Å²) in [6.45, 7) is 12.6. The van der Waals surface area contributed by atoms with Gasteiger partial charge in [0.2, 0.25) is 0 Å². The van der Waals surface area contributed by atoms with E-state index < -0.39 is 0 Å². The van der Waals surface area contributed by atoms with E-state index in [1.165, 1.54) is 57.9 Å². The zero-order chi connectivity index (χ0) is 13.1. The van der Waals surface area contributed by atoms with Crippen LogP contribution in [0, 0.1) is 5.92 Å². The fourth-order valence-electron chi connectivity index (χ4n) is 2.11. The largest absolute Gasteiger partial charge is 0.312 e. The van der Waals surface area contributed by atoms with E-state index in [4.69, 9.17) is 0 Å². The molecule has 0 spiro atoms. The summed E-state index contributed by atoms with van der Waals surface area (Å²) in [6, 6.07) is 0. The molecule has 104 valence electrons. The van der Waals surface area contributed by atoms with Crippen molar-refractivity contribution in [2.45, 2.75) is 91.5 Å². The van der Waals surface area contributed by atoms with Crippen LogP contribution in [0.15, 0.2) is 0 Å². The lowest BCUT2D eigenvalue weighted by Gasteiger charge is -2.22. The highest BCUT2D eigenvalue weighted by atomic mass is 14.9. The average Bonchev–Trinajstić information content (AvgIpc) is 2.21. The van der Waals surface area contributed by atoms with Crippen LogP contribution in [-0.4, -0.2) is 12.1 Å². The summed E-state index contributed by atoms with van der Waals surface area (Å²) in [5.74, 6) is 0.885. The number of rotatable bonds is 10. The maximum absolute atomic E-state index is 3.57. The molecule has 0 aromatic heterocycles. The summed E-state index contributed by atoms with van der Waals surface area (Å²) >= 11 is 0. The Morgan fingerprint density at radius 3 is 2.06 bits per heavy atom. The Hall–Kier alpha value is -0.0400. The molecule has 0 aromatic carbocycles. The lowest BCUT2D eigenvalue weighted by molar-refractivity contribution is 0.380. The van der Waals surface area contributed by atoms with Gasteiger partial charge in [-0.05, 0) is 39.7 Å². The molecule has 0 aliphatic rings. The van der Waals surface area contributed by atoms with Crippen molar-refractivity contribution in [2.24, 2.45) is 5.92 Å². The molecule has 0 rings (SSSR count). The molecule has 0 aliphatic heterocycles. The van der Waals surface area contributed by atoms with E-state index in [-0.39, 0.29) is 5.54 Å². The minimum Gasteiger partial charge on any atom is -0.312 e. The molecular weight excluding hydrogens is 206 g/mol. The number of hydrogen-bond acceptors (Lipinski definition) is 1. The number of nitrogens with one attached hydrogen (secondary N) is 1. The molecule has 1 unspecified atom stereocenters. The van der Waals surface area contributed by atoms with Crippen molar-refractivity contribution in [2.75, 3.05) is 6.54 Å². The minimum atomic E-state index is 0.278. The number of unbranched alkanes of at least 4 members (excludes halogenated alkanes) is 5. The molecule has 0 heterocycles. The highest BCUT2D eigenvalue weighted by molar-refractivity contribution is 4.70. The Morgan fingerprint density at radius 1 is 0.882 bits per heavy atom. The van der Waals surface area contributed by atoms with Crippen molar-refractivity contribution in [1.29, 1.82) is 0 Å². The van der Waals surface area contributed by atoms with Gasteiger partial charge in [0.1, 0.15) is 0 Å². The lowest BCUT2D eigenvalue weighted by atomic mass is 9.98. The van der Waals surface area contributed by atoms with E-state index in [1.54, 1.807) is 0 Å². The zero-order valence-electron chi connectivity index (χ0n) is 12.9. The summed E-state index contributed by atoms with van der Waals surface area (Å²) in [5.41, 5.74) is 0.278. The Balaban J connectivity index is 3.26. The quantitative estimate of drug-likeness (QED) is 0.521. The maximum atomic E-state index is 3.57. The molecule has 0 bridgehead atoms. The zero-order valence-corrected chi connectivity index (χ0v) is 12.9. The summed E-state index contributed by atoms with van der Waals surface area (Å²) < 4.78 is 0. The van der Waals surface area contributed by atoms with E-state index in [1.807, 2.05) is 0 Å². The molecule has 1 N–H and O–H groups in total. The second-order valence-electron chi connectivity index (χ2n) is 6.63. The third kappa shape index (κ3) is 13.9. The van der Waals surface area contributed by atoms with Crippen LogP contribution in [0.1, 0.15) is 86.0 Å². The molecule has 1 nitrogen and oxygen atoms in total. The van der Waals surface area contributed by atoms with Crippen LogP contribution in [0.3, 0.4) is 0 Å². The van der Waals surface area contributed by atoms with E-state index in [0.717, 1.165) is 5.92 Å². The van der Waals surface area contributed by atoms with Crippen molar-refractivity contribution in [3.63, 3.8) is 0 Å². The standard InChI is InChI=1S/C16H35N/c1-6-7-8-9-10-11-12-15(2)13-14-17-16(3,4)5/h15,17H,6-14H2,1-5H3. The lowest BCUT2D eigenvalue weighted by Crippen LogP contribution is -2.36. The highest BCUT2D eigenvalue weighted by Gasteiger charge is 2.09. The molecule has 17 heavy (non-hydrogen) atoms. The van der Waals surface area contributed by atoms with Gasteiger partial charge in [-0.2, -0.15) is 0 Å². The van der Waals surface area contributed by atoms with E-state index in [0.29, 0.717) is 0 Å². The summed E-state index contributed by atoms with van der Waals surface area (Å²) in [5, 5.41) is 3.57. The van der Waals surface area contributed by atoms with Crippen LogP contribution in [0.4, 0.5) is 0 Å². The van der Waals surface area contributed by atoms with Crippen molar-refractivity contribution in [1.82, 2.24) is 5.32 Å². The van der Waals surface area contributed by atoms with Gasteiger partial charge in [-0.25, -0.2) is 0 Å². The fraction of sp³-hybridized carbons (Fsp3) is 1.00.